The Hall–Kier alpha value is -2.02. The first-order valence-corrected chi connectivity index (χ1v) is 6.05. The van der Waals surface area contributed by atoms with E-state index in [2.05, 4.69) is 11.4 Å². The third kappa shape index (κ3) is 2.80. The SMILES string of the molecule is Cc1cccc(OCCNC(=O)C2(C#N)CC2)c1. The largest absolute Gasteiger partial charge is 0.492 e. The molecule has 0 unspecified atom stereocenters. The molecule has 1 fully saturated rings. The predicted molar refractivity (Wildman–Crippen MR) is 67.0 cm³/mol. The normalized spacial score (nSPS) is 15.6. The summed E-state index contributed by atoms with van der Waals surface area (Å²) in [6, 6.07) is 9.82. The maximum Gasteiger partial charge on any atom is 0.240 e. The molecule has 1 aliphatic carbocycles. The highest BCUT2D eigenvalue weighted by molar-refractivity contribution is 5.88. The van der Waals surface area contributed by atoms with Gasteiger partial charge >= 0.3 is 0 Å². The van der Waals surface area contributed by atoms with Crippen molar-refractivity contribution in [2.75, 3.05) is 13.2 Å². The zero-order chi connectivity index (χ0) is 13.0. The van der Waals surface area contributed by atoms with Crippen LogP contribution in [-0.4, -0.2) is 19.1 Å². The molecule has 1 saturated carbocycles. The van der Waals surface area contributed by atoms with Gasteiger partial charge in [0.15, 0.2) is 0 Å². The second-order valence-electron chi connectivity index (χ2n) is 4.61. The average molecular weight is 244 g/mol. The summed E-state index contributed by atoms with van der Waals surface area (Å²) in [5, 5.41) is 11.6. The third-order valence-electron chi connectivity index (χ3n) is 3.04. The van der Waals surface area contributed by atoms with Crippen molar-refractivity contribution in [2.45, 2.75) is 19.8 Å². The zero-order valence-corrected chi connectivity index (χ0v) is 10.4. The van der Waals surface area contributed by atoms with E-state index < -0.39 is 5.41 Å². The molecule has 0 saturated heterocycles. The van der Waals surface area contributed by atoms with E-state index in [0.717, 1.165) is 11.3 Å². The second kappa shape index (κ2) is 5.09. The standard InChI is InChI=1S/C14H16N2O2/c1-11-3-2-4-12(9-11)18-8-7-16-13(17)14(10-15)5-6-14/h2-4,9H,5-8H2,1H3,(H,16,17). The first kappa shape index (κ1) is 12.4. The molecule has 1 N–H and O–H groups in total. The summed E-state index contributed by atoms with van der Waals surface area (Å²) in [4.78, 5) is 11.6. The molecular formula is C14H16N2O2. The lowest BCUT2D eigenvalue weighted by Crippen LogP contribution is -2.34. The van der Waals surface area contributed by atoms with Crippen LogP contribution in [0.1, 0.15) is 18.4 Å². The van der Waals surface area contributed by atoms with Crippen LogP contribution in [-0.2, 0) is 4.79 Å². The fraction of sp³-hybridized carbons (Fsp3) is 0.429. The number of ether oxygens (including phenoxy) is 1. The van der Waals surface area contributed by atoms with E-state index in [1.165, 1.54) is 0 Å². The number of nitrogens with one attached hydrogen (secondary N) is 1. The van der Waals surface area contributed by atoms with Gasteiger partial charge in [0.1, 0.15) is 17.8 Å². The quantitative estimate of drug-likeness (QED) is 0.803. The molecule has 0 atom stereocenters. The molecule has 0 spiro atoms. The van der Waals surface area contributed by atoms with Crippen LogP contribution in [0.4, 0.5) is 0 Å². The van der Waals surface area contributed by atoms with E-state index in [4.69, 9.17) is 10.00 Å². The lowest BCUT2D eigenvalue weighted by atomic mass is 10.1. The van der Waals surface area contributed by atoms with Gasteiger partial charge in [-0.1, -0.05) is 12.1 Å². The Bertz CT molecular complexity index is 487. The number of carbonyl (C=O) groups excluding carboxylic acids is 1. The van der Waals surface area contributed by atoms with Crippen LogP contribution in [0, 0.1) is 23.7 Å². The maximum atomic E-state index is 11.6. The Morgan fingerprint density at radius 2 is 2.33 bits per heavy atom. The highest BCUT2D eigenvalue weighted by atomic mass is 16.5. The van der Waals surface area contributed by atoms with E-state index in [1.54, 1.807) is 0 Å². The van der Waals surface area contributed by atoms with Crippen molar-refractivity contribution in [3.8, 4) is 11.8 Å². The number of rotatable bonds is 5. The van der Waals surface area contributed by atoms with Crippen molar-refractivity contribution in [1.82, 2.24) is 5.32 Å². The summed E-state index contributed by atoms with van der Waals surface area (Å²) in [5.41, 5.74) is 0.390. The molecule has 2 rings (SSSR count). The first-order chi connectivity index (χ1) is 8.66. The van der Waals surface area contributed by atoms with Gasteiger partial charge in [-0.3, -0.25) is 4.79 Å². The number of hydrogen-bond acceptors (Lipinski definition) is 3. The van der Waals surface area contributed by atoms with Gasteiger partial charge in [-0.15, -0.1) is 0 Å². The molecule has 4 nitrogen and oxygen atoms in total. The zero-order valence-electron chi connectivity index (χ0n) is 10.4. The topological polar surface area (TPSA) is 62.1 Å². The predicted octanol–water partition coefficient (Wildman–Crippen LogP) is 1.79. The first-order valence-electron chi connectivity index (χ1n) is 6.05. The minimum absolute atomic E-state index is 0.169. The Labute approximate surface area is 107 Å². The number of hydrogen-bond donors (Lipinski definition) is 1. The smallest absolute Gasteiger partial charge is 0.240 e. The molecule has 0 aliphatic heterocycles. The van der Waals surface area contributed by atoms with Crippen LogP contribution in [0.5, 0.6) is 5.75 Å². The number of nitrogens with zero attached hydrogens (tertiary/aromatic N) is 1. The van der Waals surface area contributed by atoms with E-state index in [-0.39, 0.29) is 5.91 Å². The minimum atomic E-state index is -0.747. The monoisotopic (exact) mass is 244 g/mol. The van der Waals surface area contributed by atoms with Gasteiger partial charge in [0.25, 0.3) is 0 Å². The van der Waals surface area contributed by atoms with Crippen LogP contribution in [0.25, 0.3) is 0 Å². The number of nitriles is 1. The lowest BCUT2D eigenvalue weighted by Gasteiger charge is -2.09. The molecule has 1 aliphatic rings. The van der Waals surface area contributed by atoms with Crippen LogP contribution < -0.4 is 10.1 Å². The molecule has 0 radical (unpaired) electrons. The van der Waals surface area contributed by atoms with Gasteiger partial charge in [-0.25, -0.2) is 0 Å². The highest BCUT2D eigenvalue weighted by Crippen LogP contribution is 2.44. The summed E-state index contributed by atoms with van der Waals surface area (Å²) in [5.74, 6) is 0.628. The maximum absolute atomic E-state index is 11.6. The van der Waals surface area contributed by atoms with Crippen LogP contribution >= 0.6 is 0 Å². The van der Waals surface area contributed by atoms with Gasteiger partial charge in [-0.2, -0.15) is 5.26 Å². The average Bonchev–Trinajstić information content (AvgIpc) is 3.15. The summed E-state index contributed by atoms with van der Waals surface area (Å²) in [6.07, 6.45) is 1.35. The number of carbonyl (C=O) groups is 1. The molecular weight excluding hydrogens is 228 g/mol. The number of benzene rings is 1. The molecule has 18 heavy (non-hydrogen) atoms. The summed E-state index contributed by atoms with van der Waals surface area (Å²) >= 11 is 0. The van der Waals surface area contributed by atoms with Crippen molar-refractivity contribution < 1.29 is 9.53 Å². The van der Waals surface area contributed by atoms with Crippen molar-refractivity contribution >= 4 is 5.91 Å². The van der Waals surface area contributed by atoms with Crippen LogP contribution in [0.15, 0.2) is 24.3 Å². The number of aryl methyl sites for hydroxylation is 1. The lowest BCUT2D eigenvalue weighted by molar-refractivity contribution is -0.124. The number of amides is 1. The van der Waals surface area contributed by atoms with E-state index in [1.807, 2.05) is 31.2 Å². The van der Waals surface area contributed by atoms with E-state index in [9.17, 15) is 4.79 Å². The molecule has 94 valence electrons. The molecule has 0 heterocycles. The molecule has 1 aromatic carbocycles. The Balaban J connectivity index is 1.71. The third-order valence-corrected chi connectivity index (χ3v) is 3.04. The highest BCUT2D eigenvalue weighted by Gasteiger charge is 2.50. The Morgan fingerprint density at radius 3 is 2.94 bits per heavy atom. The van der Waals surface area contributed by atoms with Gasteiger partial charge in [-0.05, 0) is 37.5 Å². The molecule has 4 heteroatoms. The molecule has 0 aromatic heterocycles. The summed E-state index contributed by atoms with van der Waals surface area (Å²) in [6.45, 7) is 2.84. The Kier molecular flexibility index (Phi) is 3.52. The van der Waals surface area contributed by atoms with Gasteiger partial charge in [0.05, 0.1) is 12.6 Å². The molecule has 0 bridgehead atoms. The van der Waals surface area contributed by atoms with Crippen molar-refractivity contribution in [3.05, 3.63) is 29.8 Å². The molecule has 1 amide bonds. The van der Waals surface area contributed by atoms with Crippen LogP contribution in [0.2, 0.25) is 0 Å². The van der Waals surface area contributed by atoms with Crippen molar-refractivity contribution in [1.29, 1.82) is 5.26 Å². The van der Waals surface area contributed by atoms with E-state index >= 15 is 0 Å². The summed E-state index contributed by atoms with van der Waals surface area (Å²) < 4.78 is 5.51. The van der Waals surface area contributed by atoms with Gasteiger partial charge in [0, 0.05) is 0 Å². The fourth-order valence-electron chi connectivity index (χ4n) is 1.72. The van der Waals surface area contributed by atoms with E-state index in [0.29, 0.717) is 26.0 Å². The molecule has 1 aromatic rings. The van der Waals surface area contributed by atoms with Crippen molar-refractivity contribution in [3.63, 3.8) is 0 Å². The summed E-state index contributed by atoms with van der Waals surface area (Å²) in [7, 11) is 0. The van der Waals surface area contributed by atoms with Gasteiger partial charge < -0.3 is 10.1 Å². The second-order valence-corrected chi connectivity index (χ2v) is 4.61. The fourth-order valence-corrected chi connectivity index (χ4v) is 1.72. The minimum Gasteiger partial charge on any atom is -0.492 e. The van der Waals surface area contributed by atoms with Gasteiger partial charge in [0.2, 0.25) is 5.91 Å². The van der Waals surface area contributed by atoms with Crippen LogP contribution in [0.3, 0.4) is 0 Å². The Morgan fingerprint density at radius 1 is 1.56 bits per heavy atom. The van der Waals surface area contributed by atoms with Crippen molar-refractivity contribution in [2.24, 2.45) is 5.41 Å².